The highest BCUT2D eigenvalue weighted by atomic mass is 16.5. The van der Waals surface area contributed by atoms with Gasteiger partial charge in [-0.1, -0.05) is 12.5 Å². The van der Waals surface area contributed by atoms with E-state index in [4.69, 9.17) is 4.74 Å². The second-order valence-corrected chi connectivity index (χ2v) is 7.35. The molecule has 3 heteroatoms. The number of carbonyl (C=O) groups excluding carboxylic acids is 1. The largest absolute Gasteiger partial charge is 0.462 e. The summed E-state index contributed by atoms with van der Waals surface area (Å²) in [4.78, 5) is 15.1. The van der Waals surface area contributed by atoms with Crippen LogP contribution in [0.2, 0.25) is 0 Å². The highest BCUT2D eigenvalue weighted by Crippen LogP contribution is 2.31. The molecule has 0 N–H and O–H groups in total. The average molecular weight is 315 g/mol. The lowest BCUT2D eigenvalue weighted by Crippen LogP contribution is -2.49. The minimum atomic E-state index is -0.154. The number of piperidine rings is 2. The van der Waals surface area contributed by atoms with Gasteiger partial charge in [-0.2, -0.15) is 0 Å². The Morgan fingerprint density at radius 1 is 1.04 bits per heavy atom. The zero-order valence-electron chi connectivity index (χ0n) is 14.7. The summed E-state index contributed by atoms with van der Waals surface area (Å²) < 4.78 is 5.73. The molecule has 0 saturated carbocycles. The van der Waals surface area contributed by atoms with Gasteiger partial charge >= 0.3 is 5.97 Å². The number of benzene rings is 1. The van der Waals surface area contributed by atoms with Crippen molar-refractivity contribution in [2.75, 3.05) is 19.7 Å². The van der Waals surface area contributed by atoms with E-state index in [-0.39, 0.29) is 5.97 Å². The Bertz CT molecular complexity index is 579. The molecule has 0 unspecified atom stereocenters. The Morgan fingerprint density at radius 3 is 2.61 bits per heavy atom. The summed E-state index contributed by atoms with van der Waals surface area (Å²) in [6.07, 6.45) is 6.35. The Kier molecular flexibility index (Phi) is 5.05. The monoisotopic (exact) mass is 315 g/mol. The molecule has 0 radical (unpaired) electrons. The molecule has 126 valence electrons. The lowest BCUT2D eigenvalue weighted by molar-refractivity contribution is 0.00734. The number of fused-ring (bicyclic) bond motifs is 1. The van der Waals surface area contributed by atoms with Crippen molar-refractivity contribution in [3.63, 3.8) is 0 Å². The summed E-state index contributed by atoms with van der Waals surface area (Å²) in [5.41, 5.74) is 4.12. The summed E-state index contributed by atoms with van der Waals surface area (Å²) in [7, 11) is 0. The fourth-order valence-electron chi connectivity index (χ4n) is 4.21. The fraction of sp³-hybridized carbons (Fsp3) is 0.650. The number of carbonyl (C=O) groups is 1. The molecule has 0 aliphatic carbocycles. The fourth-order valence-corrected chi connectivity index (χ4v) is 4.21. The van der Waals surface area contributed by atoms with Gasteiger partial charge in [0.2, 0.25) is 0 Å². The minimum Gasteiger partial charge on any atom is -0.462 e. The van der Waals surface area contributed by atoms with Crippen molar-refractivity contribution in [2.24, 2.45) is 5.92 Å². The molecular weight excluding hydrogens is 286 g/mol. The SMILES string of the molecule is Cc1cc(C)c(C(=O)OC[C@H]2CCCN3CCCC[C@@H]23)cc1C. The quantitative estimate of drug-likeness (QED) is 0.789. The molecule has 23 heavy (non-hydrogen) atoms. The van der Waals surface area contributed by atoms with Crippen LogP contribution in [0.3, 0.4) is 0 Å². The number of hydrogen-bond donors (Lipinski definition) is 0. The van der Waals surface area contributed by atoms with Crippen LogP contribution >= 0.6 is 0 Å². The number of rotatable bonds is 3. The van der Waals surface area contributed by atoms with Gasteiger partial charge in [-0.25, -0.2) is 4.79 Å². The van der Waals surface area contributed by atoms with E-state index in [0.717, 1.165) is 16.7 Å². The third-order valence-corrected chi connectivity index (χ3v) is 5.72. The Hall–Kier alpha value is -1.35. The van der Waals surface area contributed by atoms with Crippen LogP contribution in [0.1, 0.15) is 59.2 Å². The highest BCUT2D eigenvalue weighted by molar-refractivity contribution is 5.91. The second-order valence-electron chi connectivity index (χ2n) is 7.35. The van der Waals surface area contributed by atoms with E-state index in [1.165, 1.54) is 50.8 Å². The van der Waals surface area contributed by atoms with Gasteiger partial charge in [0, 0.05) is 12.0 Å². The summed E-state index contributed by atoms with van der Waals surface area (Å²) >= 11 is 0. The first kappa shape index (κ1) is 16.5. The van der Waals surface area contributed by atoms with Crippen LogP contribution in [-0.2, 0) is 4.74 Å². The number of aryl methyl sites for hydroxylation is 3. The van der Waals surface area contributed by atoms with Gasteiger partial charge in [-0.05, 0) is 82.3 Å². The molecular formula is C20H29NO2. The summed E-state index contributed by atoms with van der Waals surface area (Å²) in [5, 5.41) is 0. The second kappa shape index (κ2) is 7.04. The van der Waals surface area contributed by atoms with Crippen molar-refractivity contribution in [1.29, 1.82) is 0 Å². The van der Waals surface area contributed by atoms with Gasteiger partial charge in [0.05, 0.1) is 12.2 Å². The van der Waals surface area contributed by atoms with Crippen LogP contribution < -0.4 is 0 Å². The van der Waals surface area contributed by atoms with Gasteiger partial charge in [-0.15, -0.1) is 0 Å². The molecule has 2 aliphatic heterocycles. The molecule has 1 aromatic rings. The average Bonchev–Trinajstić information content (AvgIpc) is 2.56. The van der Waals surface area contributed by atoms with Crippen LogP contribution in [0.15, 0.2) is 12.1 Å². The smallest absolute Gasteiger partial charge is 0.338 e. The van der Waals surface area contributed by atoms with Crippen molar-refractivity contribution in [1.82, 2.24) is 4.90 Å². The van der Waals surface area contributed by atoms with Crippen molar-refractivity contribution in [3.05, 3.63) is 34.4 Å². The van der Waals surface area contributed by atoms with Crippen LogP contribution in [0, 0.1) is 26.7 Å². The Labute approximate surface area is 140 Å². The summed E-state index contributed by atoms with van der Waals surface area (Å²) in [6, 6.07) is 4.68. The van der Waals surface area contributed by atoms with Crippen molar-refractivity contribution < 1.29 is 9.53 Å². The van der Waals surface area contributed by atoms with E-state index in [0.29, 0.717) is 18.6 Å². The summed E-state index contributed by atoms with van der Waals surface area (Å²) in [6.45, 7) is 9.15. The lowest BCUT2D eigenvalue weighted by Gasteiger charge is -2.44. The third kappa shape index (κ3) is 3.60. The molecule has 3 nitrogen and oxygen atoms in total. The van der Waals surface area contributed by atoms with Gasteiger partial charge in [0.1, 0.15) is 0 Å². The van der Waals surface area contributed by atoms with Gasteiger partial charge in [-0.3, -0.25) is 4.90 Å². The van der Waals surface area contributed by atoms with E-state index < -0.39 is 0 Å². The molecule has 2 saturated heterocycles. The minimum absolute atomic E-state index is 0.154. The van der Waals surface area contributed by atoms with E-state index in [9.17, 15) is 4.79 Å². The molecule has 0 bridgehead atoms. The van der Waals surface area contributed by atoms with Crippen LogP contribution in [0.5, 0.6) is 0 Å². The zero-order chi connectivity index (χ0) is 16.4. The first-order valence-electron chi connectivity index (χ1n) is 9.05. The van der Waals surface area contributed by atoms with E-state index in [1.807, 2.05) is 19.9 Å². The first-order valence-corrected chi connectivity index (χ1v) is 9.05. The standard InChI is InChI=1S/C20H29NO2/c1-14-11-16(3)18(12-15(14)2)20(22)23-13-17-7-6-10-21-9-5-4-8-19(17)21/h11-12,17,19H,4-10,13H2,1-3H3/t17-,19+/m1/s1. The molecule has 0 aromatic heterocycles. The molecule has 3 rings (SSSR count). The van der Waals surface area contributed by atoms with E-state index in [2.05, 4.69) is 17.9 Å². The Morgan fingerprint density at radius 2 is 1.78 bits per heavy atom. The molecule has 2 heterocycles. The molecule has 2 atom stereocenters. The molecule has 2 fully saturated rings. The molecule has 0 spiro atoms. The Balaban J connectivity index is 1.63. The molecule has 2 aliphatic rings. The lowest BCUT2D eigenvalue weighted by atomic mass is 9.84. The maximum Gasteiger partial charge on any atom is 0.338 e. The summed E-state index contributed by atoms with van der Waals surface area (Å²) in [5.74, 6) is 0.360. The maximum atomic E-state index is 12.5. The molecule has 0 amide bonds. The predicted octanol–water partition coefficient (Wildman–Crippen LogP) is 4.03. The third-order valence-electron chi connectivity index (χ3n) is 5.72. The number of ether oxygens (including phenoxy) is 1. The van der Waals surface area contributed by atoms with Gasteiger partial charge < -0.3 is 4.74 Å². The predicted molar refractivity (Wildman–Crippen MR) is 92.9 cm³/mol. The number of nitrogens with zero attached hydrogens (tertiary/aromatic N) is 1. The molecule has 1 aromatic carbocycles. The maximum absolute atomic E-state index is 12.5. The first-order chi connectivity index (χ1) is 11.1. The topological polar surface area (TPSA) is 29.5 Å². The van der Waals surface area contributed by atoms with E-state index >= 15 is 0 Å². The van der Waals surface area contributed by atoms with Crippen LogP contribution in [-0.4, -0.2) is 36.6 Å². The van der Waals surface area contributed by atoms with Crippen molar-refractivity contribution in [3.8, 4) is 0 Å². The van der Waals surface area contributed by atoms with Crippen molar-refractivity contribution >= 4 is 5.97 Å². The van der Waals surface area contributed by atoms with Gasteiger partial charge in [0.15, 0.2) is 0 Å². The number of hydrogen-bond acceptors (Lipinski definition) is 3. The van der Waals surface area contributed by atoms with Gasteiger partial charge in [0.25, 0.3) is 0 Å². The zero-order valence-corrected chi connectivity index (χ0v) is 14.7. The highest BCUT2D eigenvalue weighted by Gasteiger charge is 2.33. The number of esters is 1. The van der Waals surface area contributed by atoms with E-state index in [1.54, 1.807) is 0 Å². The van der Waals surface area contributed by atoms with Crippen LogP contribution in [0.25, 0.3) is 0 Å². The van der Waals surface area contributed by atoms with Crippen molar-refractivity contribution in [2.45, 2.75) is 58.9 Å². The normalized spacial score (nSPS) is 25.0. The van der Waals surface area contributed by atoms with Crippen LogP contribution in [0.4, 0.5) is 0 Å².